The summed E-state index contributed by atoms with van der Waals surface area (Å²) in [6, 6.07) is 5.57. The van der Waals surface area contributed by atoms with Gasteiger partial charge in [0.25, 0.3) is 0 Å². The van der Waals surface area contributed by atoms with Gasteiger partial charge in [-0.1, -0.05) is 12.1 Å². The lowest BCUT2D eigenvalue weighted by atomic mass is 9.92. The molecule has 3 rings (SSSR count). The van der Waals surface area contributed by atoms with Gasteiger partial charge in [0.05, 0.1) is 17.7 Å². The maximum atomic E-state index is 13.7. The van der Waals surface area contributed by atoms with Crippen LogP contribution in [0.5, 0.6) is 0 Å². The van der Waals surface area contributed by atoms with E-state index in [1.54, 1.807) is 24.1 Å². The van der Waals surface area contributed by atoms with Gasteiger partial charge in [-0.3, -0.25) is 14.5 Å². The van der Waals surface area contributed by atoms with Gasteiger partial charge in [0.15, 0.2) is 0 Å². The summed E-state index contributed by atoms with van der Waals surface area (Å²) in [6.45, 7) is 2.64. The average molecular weight is 411 g/mol. The van der Waals surface area contributed by atoms with Gasteiger partial charge < -0.3 is 9.80 Å². The number of carbonyl (C=O) groups is 2. The molecule has 0 radical (unpaired) electrons. The van der Waals surface area contributed by atoms with Crippen molar-refractivity contribution in [2.75, 3.05) is 51.8 Å². The van der Waals surface area contributed by atoms with Gasteiger partial charge >= 0.3 is 0 Å². The lowest BCUT2D eigenvalue weighted by Gasteiger charge is -2.37. The van der Waals surface area contributed by atoms with Crippen molar-refractivity contribution in [3.63, 3.8) is 0 Å². The molecule has 28 heavy (non-hydrogen) atoms. The Kier molecular flexibility index (Phi) is 6.04. The molecule has 2 amide bonds. The number of nitrogens with zero attached hydrogens (tertiary/aromatic N) is 3. The summed E-state index contributed by atoms with van der Waals surface area (Å²) in [5.74, 6) is -1.06. The first-order chi connectivity index (χ1) is 13.2. The van der Waals surface area contributed by atoms with Gasteiger partial charge in [-0.25, -0.2) is 12.8 Å². The largest absolute Gasteiger partial charge is 0.340 e. The number of halogens is 1. The van der Waals surface area contributed by atoms with Crippen LogP contribution in [0, 0.1) is 11.7 Å². The molecule has 2 fully saturated rings. The van der Waals surface area contributed by atoms with Crippen molar-refractivity contribution in [3.8, 4) is 0 Å². The molecule has 9 heteroatoms. The summed E-state index contributed by atoms with van der Waals surface area (Å²) in [7, 11) is -1.37. The molecule has 2 saturated heterocycles. The minimum atomic E-state index is -3.02. The highest BCUT2D eigenvalue weighted by atomic mass is 32.2. The third-order valence-electron chi connectivity index (χ3n) is 5.56. The molecule has 1 aromatic rings. The van der Waals surface area contributed by atoms with Gasteiger partial charge in [-0.05, 0) is 17.7 Å². The van der Waals surface area contributed by atoms with Crippen LogP contribution in [0.2, 0.25) is 0 Å². The second-order valence-corrected chi connectivity index (χ2v) is 9.87. The standard InChI is InChI=1S/C19H26FN3O4S/c1-21-17(24)13-16(18(21)14-4-3-5-15(20)12-14)19(25)23-8-6-22(7-9-23)10-11-28(2,26)27/h3-5,12,16,18H,6-11,13H2,1-2H3. The number of likely N-dealkylation sites (tertiary alicyclic amines) is 1. The van der Waals surface area contributed by atoms with E-state index in [0.717, 1.165) is 0 Å². The maximum absolute atomic E-state index is 13.7. The summed E-state index contributed by atoms with van der Waals surface area (Å²) in [6.07, 6.45) is 1.33. The number of carbonyl (C=O) groups excluding carboxylic acids is 2. The summed E-state index contributed by atoms with van der Waals surface area (Å²) in [4.78, 5) is 30.7. The minimum absolute atomic E-state index is 0.102. The van der Waals surface area contributed by atoms with Crippen LogP contribution in [-0.4, -0.2) is 86.7 Å². The fraction of sp³-hybridized carbons (Fsp3) is 0.579. The van der Waals surface area contributed by atoms with E-state index in [1.165, 1.54) is 23.3 Å². The summed E-state index contributed by atoms with van der Waals surface area (Å²) in [5, 5.41) is 0. The minimum Gasteiger partial charge on any atom is -0.340 e. The third-order valence-corrected chi connectivity index (χ3v) is 6.48. The molecule has 1 aromatic carbocycles. The summed E-state index contributed by atoms with van der Waals surface area (Å²) < 4.78 is 36.3. The Morgan fingerprint density at radius 2 is 1.89 bits per heavy atom. The van der Waals surface area contributed by atoms with Crippen LogP contribution in [0.1, 0.15) is 18.0 Å². The van der Waals surface area contributed by atoms with Crippen LogP contribution in [0.15, 0.2) is 24.3 Å². The van der Waals surface area contributed by atoms with Crippen molar-refractivity contribution in [2.24, 2.45) is 5.92 Å². The molecule has 2 aliphatic rings. The number of piperazine rings is 1. The second-order valence-electron chi connectivity index (χ2n) is 7.61. The van der Waals surface area contributed by atoms with Crippen LogP contribution in [0.4, 0.5) is 4.39 Å². The molecule has 0 bridgehead atoms. The first-order valence-electron chi connectivity index (χ1n) is 9.36. The van der Waals surface area contributed by atoms with E-state index in [9.17, 15) is 22.4 Å². The zero-order chi connectivity index (χ0) is 20.5. The lowest BCUT2D eigenvalue weighted by molar-refractivity contribution is -0.138. The molecular weight excluding hydrogens is 385 g/mol. The molecule has 0 spiro atoms. The Morgan fingerprint density at radius 3 is 2.50 bits per heavy atom. The number of amides is 2. The Hall–Kier alpha value is -2.00. The average Bonchev–Trinajstić information content (AvgIpc) is 2.94. The predicted octanol–water partition coefficient (Wildman–Crippen LogP) is 0.534. The van der Waals surface area contributed by atoms with E-state index in [4.69, 9.17) is 0 Å². The Bertz CT molecular complexity index is 852. The Balaban J connectivity index is 1.67. The maximum Gasteiger partial charge on any atom is 0.228 e. The fourth-order valence-electron chi connectivity index (χ4n) is 3.96. The van der Waals surface area contributed by atoms with E-state index in [2.05, 4.69) is 0 Å². The molecule has 0 aromatic heterocycles. The molecule has 2 unspecified atom stereocenters. The van der Waals surface area contributed by atoms with Crippen LogP contribution in [0.25, 0.3) is 0 Å². The molecule has 7 nitrogen and oxygen atoms in total. The van der Waals surface area contributed by atoms with E-state index in [0.29, 0.717) is 38.3 Å². The van der Waals surface area contributed by atoms with E-state index in [-0.39, 0.29) is 24.0 Å². The predicted molar refractivity (Wildman–Crippen MR) is 103 cm³/mol. The highest BCUT2D eigenvalue weighted by Crippen LogP contribution is 2.38. The van der Waals surface area contributed by atoms with Crippen molar-refractivity contribution in [1.29, 1.82) is 0 Å². The van der Waals surface area contributed by atoms with Gasteiger partial charge in [-0.15, -0.1) is 0 Å². The van der Waals surface area contributed by atoms with Gasteiger partial charge in [-0.2, -0.15) is 0 Å². The normalized spacial score (nSPS) is 24.0. The molecule has 154 valence electrons. The van der Waals surface area contributed by atoms with Gasteiger partial charge in [0.2, 0.25) is 11.8 Å². The fourth-order valence-corrected chi connectivity index (χ4v) is 4.55. The molecule has 2 heterocycles. The van der Waals surface area contributed by atoms with Crippen LogP contribution in [-0.2, 0) is 19.4 Å². The molecule has 0 N–H and O–H groups in total. The Labute approximate surface area is 165 Å². The smallest absolute Gasteiger partial charge is 0.228 e. The lowest BCUT2D eigenvalue weighted by Crippen LogP contribution is -2.51. The zero-order valence-electron chi connectivity index (χ0n) is 16.2. The van der Waals surface area contributed by atoms with Crippen LogP contribution in [0.3, 0.4) is 0 Å². The van der Waals surface area contributed by atoms with Crippen LogP contribution < -0.4 is 0 Å². The van der Waals surface area contributed by atoms with Gasteiger partial charge in [0.1, 0.15) is 15.7 Å². The molecule has 2 aliphatic heterocycles. The summed E-state index contributed by atoms with van der Waals surface area (Å²) >= 11 is 0. The number of benzene rings is 1. The SMILES string of the molecule is CN1C(=O)CC(C(=O)N2CCN(CCS(C)(=O)=O)CC2)C1c1cccc(F)c1. The highest BCUT2D eigenvalue weighted by Gasteiger charge is 2.44. The van der Waals surface area contributed by atoms with Crippen molar-refractivity contribution >= 4 is 21.7 Å². The molecular formula is C19H26FN3O4S. The molecule has 0 saturated carbocycles. The van der Waals surface area contributed by atoms with Crippen molar-refractivity contribution in [1.82, 2.24) is 14.7 Å². The monoisotopic (exact) mass is 411 g/mol. The molecule has 0 aliphatic carbocycles. The van der Waals surface area contributed by atoms with Crippen molar-refractivity contribution in [2.45, 2.75) is 12.5 Å². The highest BCUT2D eigenvalue weighted by molar-refractivity contribution is 7.90. The number of hydrogen-bond acceptors (Lipinski definition) is 5. The molecule has 2 atom stereocenters. The number of hydrogen-bond donors (Lipinski definition) is 0. The number of sulfone groups is 1. The first kappa shape index (κ1) is 20.7. The van der Waals surface area contributed by atoms with E-state index < -0.39 is 27.6 Å². The van der Waals surface area contributed by atoms with Crippen molar-refractivity contribution < 1.29 is 22.4 Å². The summed E-state index contributed by atoms with van der Waals surface area (Å²) in [5.41, 5.74) is 0.624. The van der Waals surface area contributed by atoms with E-state index >= 15 is 0 Å². The van der Waals surface area contributed by atoms with Crippen molar-refractivity contribution in [3.05, 3.63) is 35.6 Å². The second kappa shape index (κ2) is 8.16. The topological polar surface area (TPSA) is 78.0 Å². The number of rotatable bonds is 5. The van der Waals surface area contributed by atoms with E-state index in [1.807, 2.05) is 4.90 Å². The first-order valence-corrected chi connectivity index (χ1v) is 11.4. The zero-order valence-corrected chi connectivity index (χ0v) is 17.0. The quantitative estimate of drug-likeness (QED) is 0.707. The van der Waals surface area contributed by atoms with Gasteiger partial charge in [0, 0.05) is 52.4 Å². The Morgan fingerprint density at radius 1 is 1.21 bits per heavy atom. The third kappa shape index (κ3) is 4.70. The van der Waals surface area contributed by atoms with Crippen LogP contribution >= 0.6 is 0 Å².